The van der Waals surface area contributed by atoms with Crippen molar-refractivity contribution in [2.24, 2.45) is 0 Å². The van der Waals surface area contributed by atoms with Crippen LogP contribution in [-0.4, -0.2) is 27.7 Å². The molecule has 0 atom stereocenters. The zero-order chi connectivity index (χ0) is 13.0. The minimum absolute atomic E-state index is 0.322. The van der Waals surface area contributed by atoms with Crippen LogP contribution in [0.15, 0.2) is 30.6 Å². The molecule has 2 aromatic rings. The summed E-state index contributed by atoms with van der Waals surface area (Å²) in [6.07, 6.45) is 2.61. The number of nitrogens with one attached hydrogen (secondary N) is 2. The fourth-order valence-corrected chi connectivity index (χ4v) is 1.64. The van der Waals surface area contributed by atoms with Crippen LogP contribution in [0.5, 0.6) is 0 Å². The van der Waals surface area contributed by atoms with E-state index in [1.165, 1.54) is 6.20 Å². The molecule has 18 heavy (non-hydrogen) atoms. The molecular formula is C12H12FN3O2. The van der Waals surface area contributed by atoms with Crippen LogP contribution in [0.4, 0.5) is 9.18 Å². The van der Waals surface area contributed by atoms with Crippen molar-refractivity contribution < 1.29 is 14.3 Å². The van der Waals surface area contributed by atoms with Crippen LogP contribution in [0.2, 0.25) is 0 Å². The fraction of sp³-hybridized carbons (Fsp3) is 0.167. The van der Waals surface area contributed by atoms with Gasteiger partial charge in [0.1, 0.15) is 0 Å². The standard InChI is InChI=1S/C12H12FN3O2/c13-11-9(2-1-4-14-11)10-6-8(7-16-10)3-5-15-12(17)18/h1-2,4,6-7,15-16H,3,5H2,(H,17,18). The fourth-order valence-electron chi connectivity index (χ4n) is 1.64. The molecule has 0 unspecified atom stereocenters. The van der Waals surface area contributed by atoms with Gasteiger partial charge in [0.25, 0.3) is 0 Å². The van der Waals surface area contributed by atoms with Gasteiger partial charge in [-0.25, -0.2) is 9.78 Å². The molecular weight excluding hydrogens is 237 g/mol. The van der Waals surface area contributed by atoms with E-state index in [1.54, 1.807) is 24.4 Å². The largest absolute Gasteiger partial charge is 0.465 e. The summed E-state index contributed by atoms with van der Waals surface area (Å²) in [5.41, 5.74) is 1.93. The van der Waals surface area contributed by atoms with E-state index in [4.69, 9.17) is 5.11 Å². The van der Waals surface area contributed by atoms with Crippen molar-refractivity contribution in [1.29, 1.82) is 0 Å². The number of nitrogens with zero attached hydrogens (tertiary/aromatic N) is 1. The maximum Gasteiger partial charge on any atom is 0.404 e. The normalized spacial score (nSPS) is 10.3. The van der Waals surface area contributed by atoms with Crippen molar-refractivity contribution in [3.05, 3.63) is 42.1 Å². The summed E-state index contributed by atoms with van der Waals surface area (Å²) >= 11 is 0. The summed E-state index contributed by atoms with van der Waals surface area (Å²) in [5.74, 6) is -0.533. The van der Waals surface area contributed by atoms with Crippen molar-refractivity contribution in [1.82, 2.24) is 15.3 Å². The third-order valence-corrected chi connectivity index (χ3v) is 2.48. The Labute approximate surface area is 103 Å². The Morgan fingerprint density at radius 2 is 2.39 bits per heavy atom. The lowest BCUT2D eigenvalue weighted by Crippen LogP contribution is -2.23. The molecule has 2 aromatic heterocycles. The highest BCUT2D eigenvalue weighted by atomic mass is 19.1. The molecule has 1 amide bonds. The van der Waals surface area contributed by atoms with Gasteiger partial charge >= 0.3 is 6.09 Å². The molecule has 0 aliphatic carbocycles. The molecule has 0 saturated carbocycles. The number of carbonyl (C=O) groups is 1. The van der Waals surface area contributed by atoms with Crippen LogP contribution in [-0.2, 0) is 6.42 Å². The number of H-pyrrole nitrogens is 1. The first-order valence-corrected chi connectivity index (χ1v) is 5.42. The van der Waals surface area contributed by atoms with Crippen LogP contribution >= 0.6 is 0 Å². The maximum absolute atomic E-state index is 13.4. The Morgan fingerprint density at radius 3 is 3.11 bits per heavy atom. The first kappa shape index (κ1) is 12.1. The second-order valence-electron chi connectivity index (χ2n) is 3.75. The molecule has 0 bridgehead atoms. The van der Waals surface area contributed by atoms with Gasteiger partial charge in [0.2, 0.25) is 5.95 Å². The van der Waals surface area contributed by atoms with Crippen molar-refractivity contribution in [2.75, 3.05) is 6.54 Å². The second-order valence-corrected chi connectivity index (χ2v) is 3.75. The minimum atomic E-state index is -1.05. The molecule has 0 saturated heterocycles. The van der Waals surface area contributed by atoms with Gasteiger partial charge in [-0.15, -0.1) is 0 Å². The van der Waals surface area contributed by atoms with Crippen LogP contribution < -0.4 is 5.32 Å². The Kier molecular flexibility index (Phi) is 3.57. The number of aromatic amines is 1. The van der Waals surface area contributed by atoms with E-state index in [2.05, 4.69) is 15.3 Å². The first-order chi connectivity index (χ1) is 8.66. The van der Waals surface area contributed by atoms with Gasteiger partial charge in [-0.05, 0) is 30.2 Å². The third kappa shape index (κ3) is 2.85. The molecule has 6 heteroatoms. The average Bonchev–Trinajstić information content (AvgIpc) is 2.78. The van der Waals surface area contributed by atoms with E-state index in [-0.39, 0.29) is 0 Å². The Balaban J connectivity index is 2.06. The van der Waals surface area contributed by atoms with Gasteiger partial charge in [-0.3, -0.25) is 0 Å². The SMILES string of the molecule is O=C(O)NCCc1c[nH]c(-c2cccnc2F)c1. The molecule has 2 rings (SSSR count). The molecule has 0 radical (unpaired) electrons. The summed E-state index contributed by atoms with van der Waals surface area (Å²) < 4.78 is 13.4. The Bertz CT molecular complexity index is 554. The van der Waals surface area contributed by atoms with Gasteiger partial charge in [0, 0.05) is 18.9 Å². The molecule has 0 aliphatic heterocycles. The second kappa shape index (κ2) is 5.31. The summed E-state index contributed by atoms with van der Waals surface area (Å²) in [4.78, 5) is 16.8. The van der Waals surface area contributed by atoms with E-state index in [0.29, 0.717) is 24.2 Å². The molecule has 0 fully saturated rings. The molecule has 94 valence electrons. The zero-order valence-corrected chi connectivity index (χ0v) is 9.48. The Morgan fingerprint density at radius 1 is 1.56 bits per heavy atom. The number of hydrogen-bond donors (Lipinski definition) is 3. The van der Waals surface area contributed by atoms with Gasteiger partial charge in [-0.1, -0.05) is 0 Å². The number of halogens is 1. The highest BCUT2D eigenvalue weighted by molar-refractivity contribution is 5.64. The molecule has 0 spiro atoms. The highest BCUT2D eigenvalue weighted by Gasteiger charge is 2.07. The summed E-state index contributed by atoms with van der Waals surface area (Å²) in [7, 11) is 0. The molecule has 3 N–H and O–H groups in total. The van der Waals surface area contributed by atoms with E-state index < -0.39 is 12.0 Å². The van der Waals surface area contributed by atoms with Gasteiger partial charge in [0.05, 0.1) is 11.3 Å². The molecule has 0 aromatic carbocycles. The summed E-state index contributed by atoms with van der Waals surface area (Å²) in [6.45, 7) is 0.322. The lowest BCUT2D eigenvalue weighted by Gasteiger charge is -1.98. The predicted molar refractivity (Wildman–Crippen MR) is 63.7 cm³/mol. The monoisotopic (exact) mass is 249 g/mol. The van der Waals surface area contributed by atoms with E-state index >= 15 is 0 Å². The van der Waals surface area contributed by atoms with Crippen LogP contribution in [0.25, 0.3) is 11.3 Å². The van der Waals surface area contributed by atoms with Gasteiger partial charge in [-0.2, -0.15) is 4.39 Å². The lowest BCUT2D eigenvalue weighted by atomic mass is 10.1. The van der Waals surface area contributed by atoms with Crippen LogP contribution in [0.3, 0.4) is 0 Å². The van der Waals surface area contributed by atoms with Crippen LogP contribution in [0.1, 0.15) is 5.56 Å². The summed E-state index contributed by atoms with van der Waals surface area (Å²) in [6, 6.07) is 5.07. The number of pyridine rings is 1. The smallest absolute Gasteiger partial charge is 0.404 e. The van der Waals surface area contributed by atoms with Crippen molar-refractivity contribution >= 4 is 6.09 Å². The average molecular weight is 249 g/mol. The van der Waals surface area contributed by atoms with E-state index in [1.807, 2.05) is 0 Å². The van der Waals surface area contributed by atoms with Crippen molar-refractivity contribution in [2.45, 2.75) is 6.42 Å². The number of rotatable bonds is 4. The number of amides is 1. The maximum atomic E-state index is 13.4. The summed E-state index contributed by atoms with van der Waals surface area (Å²) in [5, 5.41) is 10.7. The Hall–Kier alpha value is -2.37. The van der Waals surface area contributed by atoms with Gasteiger partial charge in [0.15, 0.2) is 0 Å². The van der Waals surface area contributed by atoms with Crippen molar-refractivity contribution in [3.8, 4) is 11.3 Å². The highest BCUT2D eigenvalue weighted by Crippen LogP contribution is 2.20. The molecule has 0 aliphatic rings. The lowest BCUT2D eigenvalue weighted by molar-refractivity contribution is 0.194. The third-order valence-electron chi connectivity index (χ3n) is 2.48. The van der Waals surface area contributed by atoms with Gasteiger partial charge < -0.3 is 15.4 Å². The minimum Gasteiger partial charge on any atom is -0.465 e. The van der Waals surface area contributed by atoms with Crippen LogP contribution in [0, 0.1) is 5.95 Å². The van der Waals surface area contributed by atoms with Crippen molar-refractivity contribution in [3.63, 3.8) is 0 Å². The quantitative estimate of drug-likeness (QED) is 0.725. The zero-order valence-electron chi connectivity index (χ0n) is 9.48. The van der Waals surface area contributed by atoms with E-state index in [0.717, 1.165) is 5.56 Å². The first-order valence-electron chi connectivity index (χ1n) is 5.42. The number of hydrogen-bond acceptors (Lipinski definition) is 2. The van der Waals surface area contributed by atoms with E-state index in [9.17, 15) is 9.18 Å². The molecule has 5 nitrogen and oxygen atoms in total. The topological polar surface area (TPSA) is 78.0 Å². The number of carboxylic acid groups (broad SMARTS) is 1. The number of aromatic nitrogens is 2. The predicted octanol–water partition coefficient (Wildman–Crippen LogP) is 2.03. The molecule has 2 heterocycles.